The summed E-state index contributed by atoms with van der Waals surface area (Å²) in [4.78, 5) is 36.4. The third-order valence-electron chi connectivity index (χ3n) is 3.85. The lowest BCUT2D eigenvalue weighted by Crippen LogP contribution is -2.35. The Bertz CT molecular complexity index is 600. The Kier molecular flexibility index (Phi) is 5.57. The molecular formula is C15H19ClN4O3. The van der Waals surface area contributed by atoms with Gasteiger partial charge in [0.15, 0.2) is 0 Å². The van der Waals surface area contributed by atoms with Crippen LogP contribution in [0.1, 0.15) is 18.4 Å². The monoisotopic (exact) mass is 338 g/mol. The molecule has 0 spiro atoms. The minimum atomic E-state index is -0.380. The van der Waals surface area contributed by atoms with E-state index in [9.17, 15) is 14.4 Å². The number of hydrogen-bond acceptors (Lipinski definition) is 4. The van der Waals surface area contributed by atoms with Crippen LogP contribution in [0.15, 0.2) is 24.3 Å². The molecule has 2 fully saturated rings. The molecule has 3 rings (SSSR count). The molecule has 8 heteroatoms. The second-order valence-electron chi connectivity index (χ2n) is 5.48. The molecule has 3 N–H and O–H groups in total. The van der Waals surface area contributed by atoms with Crippen molar-refractivity contribution in [3.8, 4) is 0 Å². The highest BCUT2D eigenvalue weighted by Gasteiger charge is 2.28. The van der Waals surface area contributed by atoms with Gasteiger partial charge < -0.3 is 16.0 Å². The number of nitrogens with zero attached hydrogens (tertiary/aromatic N) is 1. The summed E-state index contributed by atoms with van der Waals surface area (Å²) in [5.41, 5.74) is 1.46. The van der Waals surface area contributed by atoms with Gasteiger partial charge in [-0.05, 0) is 37.1 Å². The lowest BCUT2D eigenvalue weighted by atomic mass is 10.1. The quantitative estimate of drug-likeness (QED) is 0.710. The molecule has 2 aliphatic heterocycles. The fourth-order valence-corrected chi connectivity index (χ4v) is 2.68. The van der Waals surface area contributed by atoms with Crippen molar-refractivity contribution in [3.05, 3.63) is 29.8 Å². The number of anilines is 1. The van der Waals surface area contributed by atoms with Crippen molar-refractivity contribution in [2.45, 2.75) is 25.4 Å². The molecule has 0 aromatic heterocycles. The van der Waals surface area contributed by atoms with E-state index in [0.29, 0.717) is 5.69 Å². The molecule has 1 aromatic carbocycles. The van der Waals surface area contributed by atoms with E-state index in [1.165, 1.54) is 4.90 Å². The van der Waals surface area contributed by atoms with E-state index in [2.05, 4.69) is 16.0 Å². The smallest absolute Gasteiger partial charge is 0.324 e. The summed E-state index contributed by atoms with van der Waals surface area (Å²) in [6.07, 6.45) is 1.85. The molecule has 1 atom stereocenters. The van der Waals surface area contributed by atoms with Gasteiger partial charge in [0, 0.05) is 5.69 Å². The Labute approximate surface area is 140 Å². The number of carbonyl (C=O) groups is 3. The number of benzene rings is 1. The van der Waals surface area contributed by atoms with E-state index < -0.39 is 0 Å². The average molecular weight is 339 g/mol. The van der Waals surface area contributed by atoms with Gasteiger partial charge >= 0.3 is 6.03 Å². The summed E-state index contributed by atoms with van der Waals surface area (Å²) in [6.45, 7) is 1.11. The van der Waals surface area contributed by atoms with E-state index in [4.69, 9.17) is 0 Å². The fraction of sp³-hybridized carbons (Fsp3) is 0.400. The van der Waals surface area contributed by atoms with Crippen molar-refractivity contribution in [1.29, 1.82) is 0 Å². The third kappa shape index (κ3) is 4.00. The zero-order valence-corrected chi connectivity index (χ0v) is 13.3. The van der Waals surface area contributed by atoms with Crippen LogP contribution in [0.5, 0.6) is 0 Å². The topological polar surface area (TPSA) is 90.5 Å². The molecule has 1 aromatic rings. The first-order chi connectivity index (χ1) is 10.6. The highest BCUT2D eigenvalue weighted by Crippen LogP contribution is 2.15. The second-order valence-corrected chi connectivity index (χ2v) is 5.48. The van der Waals surface area contributed by atoms with E-state index in [1.54, 1.807) is 18.2 Å². The normalized spacial score (nSPS) is 20.2. The Morgan fingerprint density at radius 2 is 2.17 bits per heavy atom. The van der Waals surface area contributed by atoms with Gasteiger partial charge in [0.25, 0.3) is 0 Å². The number of halogens is 1. The largest absolute Gasteiger partial charge is 0.329 e. The first-order valence-electron chi connectivity index (χ1n) is 7.35. The van der Waals surface area contributed by atoms with Gasteiger partial charge in [0.1, 0.15) is 0 Å². The molecule has 2 aliphatic rings. The van der Waals surface area contributed by atoms with Gasteiger partial charge in [-0.1, -0.05) is 12.1 Å². The molecule has 23 heavy (non-hydrogen) atoms. The van der Waals surface area contributed by atoms with Gasteiger partial charge in [-0.25, -0.2) is 4.79 Å². The summed E-state index contributed by atoms with van der Waals surface area (Å²) < 4.78 is 0. The standard InChI is InChI=1S/C15H18N4O3.ClH/c20-13-8-17-15(22)19(13)9-10-3-1-4-11(7-10)18-14(21)12-5-2-6-16-12;/h1,3-4,7,12,16H,2,5-6,8-9H2,(H,17,22)(H,18,21);1H. The molecule has 2 saturated heterocycles. The minimum Gasteiger partial charge on any atom is -0.329 e. The molecule has 1 unspecified atom stereocenters. The number of rotatable bonds is 4. The van der Waals surface area contributed by atoms with Crippen molar-refractivity contribution in [1.82, 2.24) is 15.5 Å². The highest BCUT2D eigenvalue weighted by molar-refractivity contribution is 6.01. The summed E-state index contributed by atoms with van der Waals surface area (Å²) in [6, 6.07) is 6.67. The van der Waals surface area contributed by atoms with Gasteiger partial charge in [0.05, 0.1) is 19.1 Å². The zero-order chi connectivity index (χ0) is 15.5. The second kappa shape index (κ2) is 7.43. The first-order valence-corrected chi connectivity index (χ1v) is 7.35. The molecule has 0 aliphatic carbocycles. The maximum absolute atomic E-state index is 12.1. The molecule has 0 radical (unpaired) electrons. The van der Waals surface area contributed by atoms with Crippen molar-refractivity contribution in [2.75, 3.05) is 18.4 Å². The molecule has 2 heterocycles. The number of carbonyl (C=O) groups excluding carboxylic acids is 3. The lowest BCUT2D eigenvalue weighted by molar-refractivity contribution is -0.125. The maximum Gasteiger partial charge on any atom is 0.324 e. The minimum absolute atomic E-state index is 0. The summed E-state index contributed by atoms with van der Waals surface area (Å²) in [5, 5.41) is 8.49. The van der Waals surface area contributed by atoms with Crippen LogP contribution < -0.4 is 16.0 Å². The number of amides is 4. The van der Waals surface area contributed by atoms with E-state index in [0.717, 1.165) is 24.9 Å². The molecular weight excluding hydrogens is 320 g/mol. The molecule has 0 bridgehead atoms. The van der Waals surface area contributed by atoms with Gasteiger partial charge in [-0.15, -0.1) is 12.4 Å². The van der Waals surface area contributed by atoms with Crippen molar-refractivity contribution in [2.24, 2.45) is 0 Å². The van der Waals surface area contributed by atoms with Crippen molar-refractivity contribution >= 4 is 35.9 Å². The molecule has 124 valence electrons. The van der Waals surface area contributed by atoms with Crippen molar-refractivity contribution in [3.63, 3.8) is 0 Å². The van der Waals surface area contributed by atoms with Crippen LogP contribution in [0.4, 0.5) is 10.5 Å². The molecule has 4 amide bonds. The Balaban J connectivity index is 0.00000192. The zero-order valence-electron chi connectivity index (χ0n) is 12.5. The van der Waals surface area contributed by atoms with Gasteiger partial charge in [0.2, 0.25) is 11.8 Å². The number of hydrogen-bond donors (Lipinski definition) is 3. The average Bonchev–Trinajstić information content (AvgIpc) is 3.13. The van der Waals surface area contributed by atoms with Crippen LogP contribution in [0.3, 0.4) is 0 Å². The summed E-state index contributed by atoms with van der Waals surface area (Å²) in [7, 11) is 0. The van der Waals surface area contributed by atoms with E-state index in [1.807, 2.05) is 6.07 Å². The van der Waals surface area contributed by atoms with Gasteiger partial charge in [-0.2, -0.15) is 0 Å². The van der Waals surface area contributed by atoms with Crippen LogP contribution in [-0.4, -0.2) is 41.9 Å². The van der Waals surface area contributed by atoms with E-state index in [-0.39, 0.29) is 49.4 Å². The van der Waals surface area contributed by atoms with Crippen LogP contribution in [-0.2, 0) is 16.1 Å². The predicted molar refractivity (Wildman–Crippen MR) is 87.3 cm³/mol. The summed E-state index contributed by atoms with van der Waals surface area (Å²) >= 11 is 0. The Morgan fingerprint density at radius 3 is 2.83 bits per heavy atom. The Hall–Kier alpha value is -2.12. The van der Waals surface area contributed by atoms with E-state index >= 15 is 0 Å². The highest BCUT2D eigenvalue weighted by atomic mass is 35.5. The maximum atomic E-state index is 12.1. The summed E-state index contributed by atoms with van der Waals surface area (Å²) in [5.74, 6) is -0.292. The van der Waals surface area contributed by atoms with Crippen molar-refractivity contribution < 1.29 is 14.4 Å². The van der Waals surface area contributed by atoms with Crippen LogP contribution in [0, 0.1) is 0 Å². The Morgan fingerprint density at radius 1 is 1.35 bits per heavy atom. The van der Waals surface area contributed by atoms with Crippen LogP contribution >= 0.6 is 12.4 Å². The number of imide groups is 1. The number of urea groups is 1. The van der Waals surface area contributed by atoms with Gasteiger partial charge in [-0.3, -0.25) is 14.5 Å². The predicted octanol–water partition coefficient (Wildman–Crippen LogP) is 0.851. The SMILES string of the molecule is Cl.O=C(Nc1cccc(CN2C(=O)CNC2=O)c1)C1CCCN1. The molecule has 7 nitrogen and oxygen atoms in total. The lowest BCUT2D eigenvalue weighted by Gasteiger charge is -2.14. The third-order valence-corrected chi connectivity index (χ3v) is 3.85. The van der Waals surface area contributed by atoms with Crippen LogP contribution in [0.2, 0.25) is 0 Å². The molecule has 0 saturated carbocycles. The first kappa shape index (κ1) is 17.2. The van der Waals surface area contributed by atoms with Crippen LogP contribution in [0.25, 0.3) is 0 Å². The fourth-order valence-electron chi connectivity index (χ4n) is 2.68. The number of nitrogens with one attached hydrogen (secondary N) is 3.